The van der Waals surface area contributed by atoms with E-state index in [1.54, 1.807) is 0 Å². The average molecular weight is 1000 g/mol. The number of nitriles is 1. The molecule has 0 radical (unpaired) electrons. The van der Waals surface area contributed by atoms with Crippen LogP contribution in [0.4, 0.5) is 0 Å². The second kappa shape index (κ2) is 18.8. The fourth-order valence-electron chi connectivity index (χ4n) is 10.7. The molecule has 0 N–H and O–H groups in total. The van der Waals surface area contributed by atoms with E-state index in [-0.39, 0.29) is 0 Å². The van der Waals surface area contributed by atoms with Gasteiger partial charge < -0.3 is 9.13 Å². The van der Waals surface area contributed by atoms with E-state index >= 15 is 0 Å². The molecule has 0 aliphatic heterocycles. The van der Waals surface area contributed by atoms with Gasteiger partial charge in [0.15, 0.2) is 40.8 Å². The lowest BCUT2D eigenvalue weighted by Crippen LogP contribution is -2.06. The fraction of sp³-hybridized carbons (Fsp3) is 0.0299. The van der Waals surface area contributed by atoms with Crippen molar-refractivity contribution in [2.75, 3.05) is 0 Å². The Morgan fingerprint density at radius 3 is 1.04 bits per heavy atom. The number of hydrogen-bond acceptors (Lipinski definition) is 9. The first-order valence-corrected chi connectivity index (χ1v) is 25.6. The van der Waals surface area contributed by atoms with E-state index in [0.717, 1.165) is 99.6 Å². The Balaban J connectivity index is 1.01. The van der Waals surface area contributed by atoms with Crippen LogP contribution in [0.2, 0.25) is 0 Å². The van der Waals surface area contributed by atoms with Crippen LogP contribution in [-0.2, 0) is 0 Å². The van der Waals surface area contributed by atoms with Gasteiger partial charge in [0.2, 0.25) is 0 Å². The topological polar surface area (TPSA) is 137 Å². The maximum Gasteiger partial charge on any atom is 0.164 e. The zero-order valence-electron chi connectivity index (χ0n) is 42.3. The van der Waals surface area contributed by atoms with Crippen LogP contribution in [0.5, 0.6) is 0 Å². The lowest BCUT2D eigenvalue weighted by Gasteiger charge is -2.18. The molecular weight excluding hydrogens is 959 g/mol. The number of nitrogens with zero attached hydrogens (tertiary/aromatic N) is 11. The lowest BCUT2D eigenvalue weighted by atomic mass is 10.0. The first-order valence-electron chi connectivity index (χ1n) is 25.6. The molecule has 0 bridgehead atoms. The number of aromatic nitrogens is 10. The summed E-state index contributed by atoms with van der Waals surface area (Å²) in [7, 11) is 0. The van der Waals surface area contributed by atoms with Crippen LogP contribution in [0.3, 0.4) is 0 Å². The molecule has 11 heteroatoms. The van der Waals surface area contributed by atoms with Crippen molar-refractivity contribution in [1.29, 1.82) is 5.26 Å². The van der Waals surface area contributed by atoms with Gasteiger partial charge in [-0.1, -0.05) is 182 Å². The van der Waals surface area contributed by atoms with Gasteiger partial charge in [0.1, 0.15) is 6.07 Å². The molecule has 0 atom stereocenters. The van der Waals surface area contributed by atoms with E-state index in [0.29, 0.717) is 52.0 Å². The molecule has 0 spiro atoms. The van der Waals surface area contributed by atoms with Gasteiger partial charge in [0.25, 0.3) is 0 Å². The number of benzene rings is 9. The van der Waals surface area contributed by atoms with E-state index in [2.05, 4.69) is 88.0 Å². The zero-order valence-corrected chi connectivity index (χ0v) is 42.3. The summed E-state index contributed by atoms with van der Waals surface area (Å²) in [5.41, 5.74) is 13.0. The van der Waals surface area contributed by atoms with Crippen molar-refractivity contribution in [2.24, 2.45) is 0 Å². The maximum atomic E-state index is 11.5. The van der Waals surface area contributed by atoms with E-state index in [1.165, 1.54) is 0 Å². The summed E-state index contributed by atoms with van der Waals surface area (Å²) in [6.45, 7) is 3.97. The second-order valence-corrected chi connectivity index (χ2v) is 19.2. The van der Waals surface area contributed by atoms with Crippen molar-refractivity contribution in [1.82, 2.24) is 49.0 Å². The first kappa shape index (κ1) is 45.8. The SMILES string of the molecule is Cc1cc(C)nc(-c2cc(-n3c4ccccc4c4ccc(-c5nc(-c6ccccc6)nc(-c6ccccc6)n5)cc43)c(C#N)cc2-n2c3ccccc3c3ccc(-c4nc(-c5ccccc5)nc(-c5ccccc5)n4)cc32)n1. The molecule has 0 amide bonds. The van der Waals surface area contributed by atoms with Gasteiger partial charge in [0, 0.05) is 71.9 Å². The van der Waals surface area contributed by atoms with Crippen LogP contribution in [0.25, 0.3) is 135 Å². The highest BCUT2D eigenvalue weighted by Gasteiger charge is 2.25. The second-order valence-electron chi connectivity index (χ2n) is 19.2. The smallest absolute Gasteiger partial charge is 0.164 e. The third-order valence-corrected chi connectivity index (χ3v) is 14.2. The number of para-hydroxylation sites is 2. The first-order chi connectivity index (χ1) is 38.4. The van der Waals surface area contributed by atoms with E-state index in [4.69, 9.17) is 39.9 Å². The minimum absolute atomic E-state index is 0.448. The van der Waals surface area contributed by atoms with Crippen molar-refractivity contribution < 1.29 is 0 Å². The quantitative estimate of drug-likeness (QED) is 0.138. The fourth-order valence-corrected chi connectivity index (χ4v) is 10.7. The minimum atomic E-state index is 0.448. The third-order valence-electron chi connectivity index (χ3n) is 14.2. The third kappa shape index (κ3) is 8.00. The number of aryl methyl sites for hydroxylation is 2. The Kier molecular flexibility index (Phi) is 11.0. The number of rotatable bonds is 9. The molecule has 5 aromatic heterocycles. The summed E-state index contributed by atoms with van der Waals surface area (Å²) >= 11 is 0. The maximum absolute atomic E-state index is 11.5. The van der Waals surface area contributed by atoms with Crippen molar-refractivity contribution in [3.63, 3.8) is 0 Å². The lowest BCUT2D eigenvalue weighted by molar-refractivity contribution is 1.05. The average Bonchev–Trinajstić information content (AvgIpc) is 4.23. The van der Waals surface area contributed by atoms with Gasteiger partial charge in [0.05, 0.1) is 39.0 Å². The predicted octanol–water partition coefficient (Wildman–Crippen LogP) is 15.2. The number of hydrogen-bond donors (Lipinski definition) is 0. The van der Waals surface area contributed by atoms with Crippen LogP contribution in [0.15, 0.2) is 224 Å². The minimum Gasteiger partial charge on any atom is -0.308 e. The van der Waals surface area contributed by atoms with Crippen molar-refractivity contribution in [3.05, 3.63) is 241 Å². The Hall–Kier alpha value is -10.8. The van der Waals surface area contributed by atoms with Crippen LogP contribution in [-0.4, -0.2) is 49.0 Å². The van der Waals surface area contributed by atoms with Gasteiger partial charge >= 0.3 is 0 Å². The predicted molar refractivity (Wildman–Crippen MR) is 310 cm³/mol. The largest absolute Gasteiger partial charge is 0.308 e. The Morgan fingerprint density at radius 1 is 0.295 bits per heavy atom. The van der Waals surface area contributed by atoms with Crippen molar-refractivity contribution >= 4 is 43.6 Å². The highest BCUT2D eigenvalue weighted by molar-refractivity contribution is 6.12. The summed E-state index contributed by atoms with van der Waals surface area (Å²) in [5.74, 6) is 3.87. The van der Waals surface area contributed by atoms with Gasteiger partial charge in [-0.3, -0.25) is 0 Å². The van der Waals surface area contributed by atoms with Gasteiger partial charge in [-0.05, 0) is 56.3 Å². The molecule has 0 saturated carbocycles. The van der Waals surface area contributed by atoms with Crippen LogP contribution in [0.1, 0.15) is 17.0 Å². The summed E-state index contributed by atoms with van der Waals surface area (Å²) < 4.78 is 4.41. The van der Waals surface area contributed by atoms with E-state index in [9.17, 15) is 5.26 Å². The Morgan fingerprint density at radius 2 is 0.641 bits per heavy atom. The normalized spacial score (nSPS) is 11.4. The molecule has 0 fully saturated rings. The summed E-state index contributed by atoms with van der Waals surface area (Å²) in [6, 6.07) is 78.0. The molecule has 11 nitrogen and oxygen atoms in total. The Labute approximate surface area is 448 Å². The summed E-state index contributed by atoms with van der Waals surface area (Å²) in [6.07, 6.45) is 0. The van der Waals surface area contributed by atoms with E-state index < -0.39 is 0 Å². The standard InChI is InChI=1S/C67H43N11/c1-41-35-42(2)70-67(69-41)54-39-57(77-55-29-17-15-27-50(55)52-33-31-47(36-58(52)77)65-73-61(43-19-7-3-8-20-43)71-62(74-65)44-21-9-4-10-22-44)49(40-68)38-60(54)78-56-30-18-16-28-51(56)53-34-32-48(37-59(53)78)66-75-63(45-23-11-5-12-24-45)72-64(76-66)46-25-13-6-14-26-46/h3-39H,1-2H3. The molecule has 366 valence electrons. The highest BCUT2D eigenvalue weighted by atomic mass is 15.1. The van der Waals surface area contributed by atoms with Gasteiger partial charge in [-0.2, -0.15) is 5.26 Å². The molecule has 78 heavy (non-hydrogen) atoms. The van der Waals surface area contributed by atoms with Gasteiger partial charge in [-0.25, -0.2) is 39.9 Å². The van der Waals surface area contributed by atoms with Crippen molar-refractivity contribution in [2.45, 2.75) is 13.8 Å². The molecule has 0 unspecified atom stereocenters. The van der Waals surface area contributed by atoms with Gasteiger partial charge in [-0.15, -0.1) is 0 Å². The van der Waals surface area contributed by atoms with E-state index in [1.807, 2.05) is 166 Å². The zero-order chi connectivity index (χ0) is 52.3. The monoisotopic (exact) mass is 1000 g/mol. The molecule has 9 aromatic carbocycles. The molecule has 0 aliphatic rings. The molecule has 14 rings (SSSR count). The summed E-state index contributed by atoms with van der Waals surface area (Å²) in [5, 5.41) is 15.6. The van der Waals surface area contributed by atoms with Crippen LogP contribution >= 0.6 is 0 Å². The Bertz CT molecular complexity index is 4560. The molecule has 14 aromatic rings. The van der Waals surface area contributed by atoms with Crippen LogP contribution < -0.4 is 0 Å². The molecule has 0 saturated heterocycles. The number of fused-ring (bicyclic) bond motifs is 6. The highest BCUT2D eigenvalue weighted by Crippen LogP contribution is 2.42. The molecule has 5 heterocycles. The molecular formula is C67H43N11. The molecule has 0 aliphatic carbocycles. The van der Waals surface area contributed by atoms with Crippen LogP contribution in [0, 0.1) is 25.2 Å². The van der Waals surface area contributed by atoms with Crippen molar-refractivity contribution in [3.8, 4) is 97.2 Å². The summed E-state index contributed by atoms with van der Waals surface area (Å²) in [4.78, 5) is 40.7.